The lowest BCUT2D eigenvalue weighted by molar-refractivity contribution is -0.154. The first-order valence-corrected chi connectivity index (χ1v) is 7.70. The third-order valence-electron chi connectivity index (χ3n) is 2.13. The van der Waals surface area contributed by atoms with E-state index in [9.17, 15) is 13.2 Å². The van der Waals surface area contributed by atoms with Gasteiger partial charge in [0.1, 0.15) is 5.60 Å². The fourth-order valence-electron chi connectivity index (χ4n) is 1.36. The molecule has 0 radical (unpaired) electrons. The number of hydrogen-bond acceptors (Lipinski definition) is 5. The third kappa shape index (κ3) is 6.14. The molecule has 0 aliphatic carbocycles. The normalized spacial score (nSPS) is 12.2. The van der Waals surface area contributed by atoms with E-state index in [2.05, 4.69) is 10.3 Å². The predicted molar refractivity (Wildman–Crippen MR) is 75.2 cm³/mol. The number of carbonyl (C=O) groups excluding carboxylic acids is 1. The molecule has 0 aliphatic rings. The topological polar surface area (TPSA) is 84.5 Å². The second kappa shape index (κ2) is 6.83. The number of rotatable bonds is 6. The summed E-state index contributed by atoms with van der Waals surface area (Å²) in [7, 11) is -3.61. The molecule has 2 N–H and O–H groups in total. The largest absolute Gasteiger partial charge is 0.460 e. The van der Waals surface area contributed by atoms with Crippen LogP contribution in [-0.4, -0.2) is 26.5 Å². The van der Waals surface area contributed by atoms with Crippen LogP contribution in [0.25, 0.3) is 0 Å². The zero-order valence-corrected chi connectivity index (χ0v) is 12.7. The van der Waals surface area contributed by atoms with Crippen molar-refractivity contribution < 1.29 is 17.9 Å². The summed E-state index contributed by atoms with van der Waals surface area (Å²) in [5.41, 5.74) is 1.96. The van der Waals surface area contributed by atoms with Crippen molar-refractivity contribution >= 4 is 16.0 Å². The molecular weight excluding hydrogens is 280 g/mol. The first kappa shape index (κ1) is 16.6. The van der Waals surface area contributed by atoms with Crippen molar-refractivity contribution in [1.82, 2.24) is 10.3 Å². The lowest BCUT2D eigenvalue weighted by Gasteiger charge is -2.19. The van der Waals surface area contributed by atoms with Crippen LogP contribution in [0, 0.1) is 0 Å². The molecular formula is C13H20N2O4S. The Morgan fingerprint density at radius 1 is 1.20 bits per heavy atom. The van der Waals surface area contributed by atoms with E-state index < -0.39 is 15.6 Å². The summed E-state index contributed by atoms with van der Waals surface area (Å²) >= 11 is 0. The summed E-state index contributed by atoms with van der Waals surface area (Å²) in [6, 6.07) is 7.97. The van der Waals surface area contributed by atoms with Crippen LogP contribution in [0.15, 0.2) is 35.2 Å². The molecule has 0 aromatic heterocycles. The van der Waals surface area contributed by atoms with Crippen LogP contribution in [0.5, 0.6) is 0 Å². The van der Waals surface area contributed by atoms with Crippen molar-refractivity contribution in [2.24, 2.45) is 0 Å². The quantitative estimate of drug-likeness (QED) is 0.468. The predicted octanol–water partition coefficient (Wildman–Crippen LogP) is 1.20. The highest BCUT2D eigenvalue weighted by Crippen LogP contribution is 2.08. The maximum absolute atomic E-state index is 11.8. The van der Waals surface area contributed by atoms with Crippen molar-refractivity contribution in [3.05, 3.63) is 30.3 Å². The molecule has 0 bridgehead atoms. The van der Waals surface area contributed by atoms with Crippen LogP contribution in [0.2, 0.25) is 0 Å². The van der Waals surface area contributed by atoms with Gasteiger partial charge in [-0.25, -0.2) is 13.8 Å². The molecule has 0 amide bonds. The number of carbonyl (C=O) groups is 1. The monoisotopic (exact) mass is 300 g/mol. The van der Waals surface area contributed by atoms with Gasteiger partial charge >= 0.3 is 5.97 Å². The van der Waals surface area contributed by atoms with E-state index in [4.69, 9.17) is 4.74 Å². The van der Waals surface area contributed by atoms with Crippen LogP contribution in [0.1, 0.15) is 27.2 Å². The van der Waals surface area contributed by atoms with Crippen molar-refractivity contribution in [3.8, 4) is 0 Å². The number of ether oxygens (including phenoxy) is 1. The van der Waals surface area contributed by atoms with Gasteiger partial charge in [0, 0.05) is 6.54 Å². The van der Waals surface area contributed by atoms with Gasteiger partial charge in [0.15, 0.2) is 0 Å². The van der Waals surface area contributed by atoms with E-state index in [-0.39, 0.29) is 23.8 Å². The molecule has 1 rings (SSSR count). The average Bonchev–Trinajstić information content (AvgIpc) is 2.34. The summed E-state index contributed by atoms with van der Waals surface area (Å²) in [6.07, 6.45) is 0.0780. The van der Waals surface area contributed by atoms with E-state index in [0.717, 1.165) is 0 Å². The molecule has 0 spiro atoms. The van der Waals surface area contributed by atoms with Gasteiger partial charge in [-0.3, -0.25) is 4.79 Å². The number of esters is 1. The van der Waals surface area contributed by atoms with Gasteiger partial charge in [-0.15, -0.1) is 4.83 Å². The first-order chi connectivity index (χ1) is 9.21. The minimum atomic E-state index is -3.61. The van der Waals surface area contributed by atoms with Gasteiger partial charge in [-0.1, -0.05) is 18.2 Å². The molecule has 20 heavy (non-hydrogen) atoms. The zero-order chi connectivity index (χ0) is 15.2. The summed E-state index contributed by atoms with van der Waals surface area (Å²) in [5, 5.41) is 0. The SMILES string of the molecule is CC(C)(C)OC(=O)CCNNS(=O)(=O)c1ccccc1. The summed E-state index contributed by atoms with van der Waals surface area (Å²) in [4.78, 5) is 13.8. The van der Waals surface area contributed by atoms with Gasteiger partial charge < -0.3 is 4.74 Å². The summed E-state index contributed by atoms with van der Waals surface area (Å²) in [6.45, 7) is 5.48. The number of benzene rings is 1. The van der Waals surface area contributed by atoms with E-state index >= 15 is 0 Å². The van der Waals surface area contributed by atoms with E-state index in [1.807, 2.05) is 0 Å². The molecule has 0 atom stereocenters. The number of sulfonamides is 1. The van der Waals surface area contributed by atoms with Crippen LogP contribution in [-0.2, 0) is 19.6 Å². The highest BCUT2D eigenvalue weighted by Gasteiger charge is 2.16. The summed E-state index contributed by atoms with van der Waals surface area (Å²) in [5.74, 6) is -0.385. The Kier molecular flexibility index (Phi) is 5.67. The fourth-order valence-corrected chi connectivity index (χ4v) is 2.29. The van der Waals surface area contributed by atoms with Crippen LogP contribution >= 0.6 is 0 Å². The van der Waals surface area contributed by atoms with Gasteiger partial charge in [0.2, 0.25) is 0 Å². The van der Waals surface area contributed by atoms with Crippen molar-refractivity contribution in [2.75, 3.05) is 6.54 Å². The highest BCUT2D eigenvalue weighted by atomic mass is 32.2. The van der Waals surface area contributed by atoms with Crippen LogP contribution in [0.3, 0.4) is 0 Å². The molecule has 0 saturated carbocycles. The maximum Gasteiger partial charge on any atom is 0.307 e. The Balaban J connectivity index is 2.37. The minimum absolute atomic E-state index is 0.0780. The Bertz CT molecular complexity index is 535. The van der Waals surface area contributed by atoms with Gasteiger partial charge in [0.25, 0.3) is 10.0 Å². The third-order valence-corrected chi connectivity index (χ3v) is 3.44. The lowest BCUT2D eigenvalue weighted by atomic mass is 10.2. The molecule has 7 heteroatoms. The van der Waals surface area contributed by atoms with E-state index in [1.54, 1.807) is 39.0 Å². The fraction of sp³-hybridized carbons (Fsp3) is 0.462. The molecule has 0 aliphatic heterocycles. The minimum Gasteiger partial charge on any atom is -0.460 e. The Morgan fingerprint density at radius 2 is 1.80 bits per heavy atom. The second-order valence-electron chi connectivity index (χ2n) is 5.18. The molecule has 0 unspecified atom stereocenters. The van der Waals surface area contributed by atoms with E-state index in [1.165, 1.54) is 12.1 Å². The number of hydrazine groups is 1. The van der Waals surface area contributed by atoms with Gasteiger partial charge in [-0.2, -0.15) is 0 Å². The van der Waals surface area contributed by atoms with E-state index in [0.29, 0.717) is 0 Å². The first-order valence-electron chi connectivity index (χ1n) is 6.22. The second-order valence-corrected chi connectivity index (χ2v) is 6.86. The lowest BCUT2D eigenvalue weighted by Crippen LogP contribution is -2.39. The van der Waals surface area contributed by atoms with Gasteiger partial charge in [0.05, 0.1) is 11.3 Å². The smallest absolute Gasteiger partial charge is 0.307 e. The maximum atomic E-state index is 11.8. The average molecular weight is 300 g/mol. The van der Waals surface area contributed by atoms with Crippen LogP contribution < -0.4 is 10.3 Å². The Labute approximate surface area is 119 Å². The molecule has 0 fully saturated rings. The molecule has 6 nitrogen and oxygen atoms in total. The Morgan fingerprint density at radius 3 is 2.35 bits per heavy atom. The molecule has 112 valence electrons. The van der Waals surface area contributed by atoms with Gasteiger partial charge in [-0.05, 0) is 32.9 Å². The molecule has 1 aromatic rings. The molecule has 0 saturated heterocycles. The molecule has 0 heterocycles. The summed E-state index contributed by atoms with van der Waals surface area (Å²) < 4.78 is 28.7. The van der Waals surface area contributed by atoms with Crippen molar-refractivity contribution in [2.45, 2.75) is 37.7 Å². The van der Waals surface area contributed by atoms with Crippen molar-refractivity contribution in [1.29, 1.82) is 0 Å². The highest BCUT2D eigenvalue weighted by molar-refractivity contribution is 7.89. The number of nitrogens with one attached hydrogen (secondary N) is 2. The number of hydrogen-bond donors (Lipinski definition) is 2. The van der Waals surface area contributed by atoms with Crippen LogP contribution in [0.4, 0.5) is 0 Å². The molecule has 1 aromatic carbocycles. The zero-order valence-electron chi connectivity index (χ0n) is 11.8. The Hall–Kier alpha value is -1.44. The van der Waals surface area contributed by atoms with Crippen molar-refractivity contribution in [3.63, 3.8) is 0 Å². The standard InChI is InChI=1S/C13H20N2O4S/c1-13(2,3)19-12(16)9-10-14-15-20(17,18)11-7-5-4-6-8-11/h4-8,14-15H,9-10H2,1-3H3.